The Morgan fingerprint density at radius 1 is 1.10 bits per heavy atom. The third-order valence-electron chi connectivity index (χ3n) is 4.91. The highest BCUT2D eigenvalue weighted by Gasteiger charge is 2.41. The maximum absolute atomic E-state index is 5.83. The zero-order valence-electron chi connectivity index (χ0n) is 11.9. The summed E-state index contributed by atoms with van der Waals surface area (Å²) >= 11 is 0. The van der Waals surface area contributed by atoms with Crippen molar-refractivity contribution < 1.29 is 9.47 Å². The second-order valence-electron chi connectivity index (χ2n) is 6.09. The van der Waals surface area contributed by atoms with Crippen LogP contribution >= 0.6 is 0 Å². The van der Waals surface area contributed by atoms with E-state index in [1.807, 2.05) is 0 Å². The molecule has 1 aliphatic heterocycles. The monoisotopic (exact) mass is 271 g/mol. The summed E-state index contributed by atoms with van der Waals surface area (Å²) in [5.74, 6) is 0.376. The predicted octanol–water partition coefficient (Wildman–Crippen LogP) is 3.88. The van der Waals surface area contributed by atoms with Crippen molar-refractivity contribution in [3.05, 3.63) is 35.5 Å². The second kappa shape index (κ2) is 4.61. The number of nitrogens with one attached hydrogen (secondary N) is 1. The Morgan fingerprint density at radius 2 is 1.80 bits per heavy atom. The first-order chi connectivity index (χ1) is 9.77. The molecule has 2 fully saturated rings. The van der Waals surface area contributed by atoms with E-state index in [1.54, 1.807) is 0 Å². The van der Waals surface area contributed by atoms with Crippen LogP contribution in [0.2, 0.25) is 0 Å². The van der Waals surface area contributed by atoms with Crippen molar-refractivity contribution in [2.45, 2.75) is 44.3 Å². The fraction of sp³-hybridized carbons (Fsp3) is 0.529. The van der Waals surface area contributed by atoms with Gasteiger partial charge in [0.1, 0.15) is 0 Å². The number of ether oxygens (including phenoxy) is 2. The van der Waals surface area contributed by atoms with E-state index in [0.717, 1.165) is 38.9 Å². The molecule has 0 bridgehead atoms. The fourth-order valence-electron chi connectivity index (χ4n) is 3.96. The zero-order valence-corrected chi connectivity index (χ0v) is 11.9. The van der Waals surface area contributed by atoms with Crippen LogP contribution in [-0.2, 0) is 9.47 Å². The zero-order chi connectivity index (χ0) is 13.6. The smallest absolute Gasteiger partial charge is 0.168 e. The van der Waals surface area contributed by atoms with E-state index in [-0.39, 0.29) is 5.79 Å². The molecule has 0 radical (unpaired) electrons. The van der Waals surface area contributed by atoms with E-state index in [4.69, 9.17) is 9.47 Å². The molecule has 0 atom stereocenters. The predicted molar refractivity (Wildman–Crippen MR) is 78.9 cm³/mol. The van der Waals surface area contributed by atoms with Gasteiger partial charge in [0.25, 0.3) is 0 Å². The molecule has 1 saturated carbocycles. The highest BCUT2D eigenvalue weighted by Crippen LogP contribution is 2.44. The van der Waals surface area contributed by atoms with Gasteiger partial charge in [-0.1, -0.05) is 18.2 Å². The summed E-state index contributed by atoms with van der Waals surface area (Å²) in [4.78, 5) is 3.52. The van der Waals surface area contributed by atoms with Crippen molar-refractivity contribution in [2.75, 3.05) is 13.2 Å². The highest BCUT2D eigenvalue weighted by molar-refractivity contribution is 5.85. The lowest BCUT2D eigenvalue weighted by Gasteiger charge is -2.35. The lowest BCUT2D eigenvalue weighted by Crippen LogP contribution is -2.34. The molecule has 2 heterocycles. The van der Waals surface area contributed by atoms with Crippen LogP contribution in [-0.4, -0.2) is 24.0 Å². The quantitative estimate of drug-likeness (QED) is 0.854. The lowest BCUT2D eigenvalue weighted by atomic mass is 9.80. The Hall–Kier alpha value is -1.32. The molecule has 1 spiro atoms. The average molecular weight is 271 g/mol. The number of H-pyrrole nitrogens is 1. The first-order valence-corrected chi connectivity index (χ1v) is 7.63. The molecule has 2 aliphatic rings. The van der Waals surface area contributed by atoms with Crippen LogP contribution < -0.4 is 0 Å². The van der Waals surface area contributed by atoms with Gasteiger partial charge in [0.05, 0.1) is 13.2 Å². The molecule has 2 aromatic rings. The minimum Gasteiger partial charge on any atom is -0.358 e. The maximum Gasteiger partial charge on any atom is 0.168 e. The number of rotatable bonds is 1. The normalized spacial score (nSPS) is 22.9. The largest absolute Gasteiger partial charge is 0.358 e. The molecule has 0 amide bonds. The molecule has 4 rings (SSSR count). The minimum absolute atomic E-state index is 0.253. The van der Waals surface area contributed by atoms with Gasteiger partial charge in [-0.25, -0.2) is 0 Å². The molecule has 106 valence electrons. The first-order valence-electron chi connectivity index (χ1n) is 7.63. The molecule has 1 N–H and O–H groups in total. The second-order valence-corrected chi connectivity index (χ2v) is 6.09. The van der Waals surface area contributed by atoms with Gasteiger partial charge in [0, 0.05) is 29.4 Å². The number of aromatic nitrogens is 1. The van der Waals surface area contributed by atoms with Crippen LogP contribution in [0.5, 0.6) is 0 Å². The minimum atomic E-state index is -0.253. The number of hydrogen-bond donors (Lipinski definition) is 1. The molecular weight excluding hydrogens is 250 g/mol. The molecule has 0 unspecified atom stereocenters. The van der Waals surface area contributed by atoms with Gasteiger partial charge in [-0.2, -0.15) is 0 Å². The van der Waals surface area contributed by atoms with Crippen molar-refractivity contribution in [3.8, 4) is 0 Å². The number of aromatic amines is 1. The Bertz CT molecular complexity index is 615. The van der Waals surface area contributed by atoms with Crippen molar-refractivity contribution in [1.29, 1.82) is 0 Å². The van der Waals surface area contributed by atoms with Gasteiger partial charge in [-0.15, -0.1) is 0 Å². The lowest BCUT2D eigenvalue weighted by molar-refractivity contribution is -0.178. The summed E-state index contributed by atoms with van der Waals surface area (Å²) in [6.45, 7) is 3.72. The SMILES string of the molecule is Cc1[nH]c2ccccc2c1C1CCC2(CC1)OCCO2. The van der Waals surface area contributed by atoms with Crippen molar-refractivity contribution >= 4 is 10.9 Å². The Kier molecular flexibility index (Phi) is 2.86. The van der Waals surface area contributed by atoms with Crippen LogP contribution in [0.1, 0.15) is 42.9 Å². The molecular formula is C17H21NO2. The van der Waals surface area contributed by atoms with Gasteiger partial charge in [0.2, 0.25) is 0 Å². The molecule has 1 saturated heterocycles. The molecule has 1 aromatic heterocycles. The van der Waals surface area contributed by atoms with E-state index >= 15 is 0 Å². The van der Waals surface area contributed by atoms with Crippen LogP contribution in [0.15, 0.2) is 24.3 Å². The van der Waals surface area contributed by atoms with E-state index in [1.165, 1.54) is 22.2 Å². The molecule has 20 heavy (non-hydrogen) atoms. The van der Waals surface area contributed by atoms with Crippen LogP contribution in [0, 0.1) is 6.92 Å². The first kappa shape index (κ1) is 12.4. The van der Waals surface area contributed by atoms with E-state index < -0.39 is 0 Å². The van der Waals surface area contributed by atoms with E-state index in [2.05, 4.69) is 36.2 Å². The van der Waals surface area contributed by atoms with Crippen molar-refractivity contribution in [3.63, 3.8) is 0 Å². The van der Waals surface area contributed by atoms with Crippen molar-refractivity contribution in [2.24, 2.45) is 0 Å². The fourth-order valence-corrected chi connectivity index (χ4v) is 3.96. The summed E-state index contributed by atoms with van der Waals surface area (Å²) in [5, 5.41) is 1.39. The number of hydrogen-bond acceptors (Lipinski definition) is 2. The molecule has 1 aliphatic carbocycles. The van der Waals surface area contributed by atoms with Crippen LogP contribution in [0.25, 0.3) is 10.9 Å². The number of benzene rings is 1. The summed E-state index contributed by atoms with van der Waals surface area (Å²) < 4.78 is 11.7. The van der Waals surface area contributed by atoms with E-state index in [0.29, 0.717) is 5.92 Å². The van der Waals surface area contributed by atoms with Gasteiger partial charge in [-0.3, -0.25) is 0 Å². The maximum atomic E-state index is 5.83. The third kappa shape index (κ3) is 1.88. The molecule has 1 aromatic carbocycles. The summed E-state index contributed by atoms with van der Waals surface area (Å²) in [6.07, 6.45) is 4.36. The summed E-state index contributed by atoms with van der Waals surface area (Å²) in [6, 6.07) is 8.63. The van der Waals surface area contributed by atoms with Gasteiger partial charge < -0.3 is 14.5 Å². The average Bonchev–Trinajstić information content (AvgIpc) is 3.04. The topological polar surface area (TPSA) is 34.2 Å². The summed E-state index contributed by atoms with van der Waals surface area (Å²) in [7, 11) is 0. The Labute approximate surface area is 119 Å². The standard InChI is InChI=1S/C17H21NO2/c1-12-16(14-4-2-3-5-15(14)18-12)13-6-8-17(9-7-13)19-10-11-20-17/h2-5,13,18H,6-11H2,1H3. The van der Waals surface area contributed by atoms with Gasteiger partial charge in [0.15, 0.2) is 5.79 Å². The van der Waals surface area contributed by atoms with Crippen molar-refractivity contribution in [1.82, 2.24) is 4.98 Å². The summed E-state index contributed by atoms with van der Waals surface area (Å²) in [5.41, 5.74) is 4.09. The van der Waals surface area contributed by atoms with E-state index in [9.17, 15) is 0 Å². The highest BCUT2D eigenvalue weighted by atomic mass is 16.7. The number of aryl methyl sites for hydroxylation is 1. The number of para-hydroxylation sites is 1. The Balaban J connectivity index is 1.63. The molecule has 3 nitrogen and oxygen atoms in total. The van der Waals surface area contributed by atoms with Crippen LogP contribution in [0.4, 0.5) is 0 Å². The Morgan fingerprint density at radius 3 is 2.55 bits per heavy atom. The number of fused-ring (bicyclic) bond motifs is 1. The third-order valence-corrected chi connectivity index (χ3v) is 4.91. The van der Waals surface area contributed by atoms with Gasteiger partial charge in [-0.05, 0) is 37.3 Å². The van der Waals surface area contributed by atoms with Gasteiger partial charge >= 0.3 is 0 Å². The molecule has 3 heteroatoms. The van der Waals surface area contributed by atoms with Crippen LogP contribution in [0.3, 0.4) is 0 Å².